The minimum atomic E-state index is -1.78. The van der Waals surface area contributed by atoms with E-state index in [0.717, 1.165) is 6.42 Å². The molecule has 0 fully saturated rings. The Labute approximate surface area is 158 Å². The van der Waals surface area contributed by atoms with Gasteiger partial charge in [0.25, 0.3) is 0 Å². The van der Waals surface area contributed by atoms with Crippen LogP contribution >= 0.6 is 7.26 Å². The molecule has 132 valence electrons. The van der Waals surface area contributed by atoms with Crippen molar-refractivity contribution in [1.29, 1.82) is 0 Å². The van der Waals surface area contributed by atoms with Gasteiger partial charge < -0.3 is 0 Å². The normalized spacial score (nSPS) is 11.7. The average Bonchev–Trinajstić information content (AvgIpc) is 2.73. The van der Waals surface area contributed by atoms with E-state index in [1.165, 1.54) is 35.2 Å². The van der Waals surface area contributed by atoms with Crippen LogP contribution in [0.2, 0.25) is 0 Å². The molecule has 0 aromatic heterocycles. The number of hydrogen-bond acceptors (Lipinski definition) is 0. The van der Waals surface area contributed by atoms with Gasteiger partial charge in [-0.3, -0.25) is 0 Å². The first-order valence-electron chi connectivity index (χ1n) is 9.61. The van der Waals surface area contributed by atoms with Gasteiger partial charge in [-0.15, -0.1) is 0 Å². The fourth-order valence-electron chi connectivity index (χ4n) is 3.44. The number of rotatable bonds is 8. The second kappa shape index (κ2) is 9.51. The molecule has 0 N–H and O–H groups in total. The van der Waals surface area contributed by atoms with Gasteiger partial charge in [0.15, 0.2) is 0 Å². The highest BCUT2D eigenvalue weighted by atomic mass is 31.2. The quantitative estimate of drug-likeness (QED) is 0.338. The van der Waals surface area contributed by atoms with Crippen LogP contribution in [0.3, 0.4) is 0 Å². The maximum absolute atomic E-state index is 2.53. The van der Waals surface area contributed by atoms with Crippen molar-refractivity contribution in [2.24, 2.45) is 0 Å². The molecule has 0 unspecified atom stereocenters. The monoisotopic (exact) mass is 359 g/mol. The van der Waals surface area contributed by atoms with Crippen LogP contribution in [0.15, 0.2) is 103 Å². The van der Waals surface area contributed by atoms with E-state index in [1.807, 2.05) is 0 Å². The predicted molar refractivity (Wildman–Crippen MR) is 118 cm³/mol. The summed E-state index contributed by atoms with van der Waals surface area (Å²) in [6, 6.07) is 33.1. The SMILES string of the molecule is CCCCCC=C[P+](c1ccccc1)(c1ccccc1)c1ccccc1. The molecule has 1 heteroatoms. The number of hydrogen-bond donors (Lipinski definition) is 0. The molecule has 3 aromatic rings. The van der Waals surface area contributed by atoms with Crippen molar-refractivity contribution in [3.05, 3.63) is 103 Å². The molecule has 0 radical (unpaired) electrons. The molecule has 0 saturated carbocycles. The molecule has 0 spiro atoms. The Morgan fingerprint density at radius 1 is 0.615 bits per heavy atom. The van der Waals surface area contributed by atoms with Crippen LogP contribution in [0, 0.1) is 0 Å². The minimum Gasteiger partial charge on any atom is -0.0654 e. The standard InChI is InChI=1S/C25H28P/c1-2-3-4-5-15-22-26(23-16-9-6-10-17-23,24-18-11-7-12-19-24)25-20-13-8-14-21-25/h6-22H,2-5H2,1H3/q+1. The van der Waals surface area contributed by atoms with E-state index in [1.54, 1.807) is 0 Å². The first-order chi connectivity index (χ1) is 12.9. The zero-order valence-corrected chi connectivity index (χ0v) is 16.5. The largest absolute Gasteiger partial charge is 0.136 e. The third kappa shape index (κ3) is 4.14. The van der Waals surface area contributed by atoms with Crippen molar-refractivity contribution in [3.8, 4) is 0 Å². The Kier molecular flexibility index (Phi) is 6.81. The molecule has 0 amide bonds. The summed E-state index contributed by atoms with van der Waals surface area (Å²) >= 11 is 0. The molecule has 0 saturated heterocycles. The lowest BCUT2D eigenvalue weighted by Crippen LogP contribution is -2.29. The van der Waals surface area contributed by atoms with Crippen LogP contribution in [-0.4, -0.2) is 0 Å². The van der Waals surface area contributed by atoms with Crippen molar-refractivity contribution < 1.29 is 0 Å². The lowest BCUT2D eigenvalue weighted by molar-refractivity contribution is 0.729. The summed E-state index contributed by atoms with van der Waals surface area (Å²) in [5, 5.41) is 4.26. The first-order valence-corrected chi connectivity index (χ1v) is 11.5. The van der Waals surface area contributed by atoms with Crippen molar-refractivity contribution in [3.63, 3.8) is 0 Å². The van der Waals surface area contributed by atoms with Gasteiger partial charge in [-0.25, -0.2) is 0 Å². The van der Waals surface area contributed by atoms with Crippen molar-refractivity contribution in [2.75, 3.05) is 0 Å². The van der Waals surface area contributed by atoms with E-state index in [0.29, 0.717) is 0 Å². The summed E-state index contributed by atoms with van der Waals surface area (Å²) < 4.78 is 0. The Morgan fingerprint density at radius 3 is 1.42 bits per heavy atom. The molecular formula is C25H28P+. The maximum Gasteiger partial charge on any atom is 0.136 e. The molecule has 26 heavy (non-hydrogen) atoms. The third-order valence-electron chi connectivity index (χ3n) is 4.79. The fraction of sp³-hybridized carbons (Fsp3) is 0.200. The van der Waals surface area contributed by atoms with Gasteiger partial charge in [-0.2, -0.15) is 0 Å². The Hall–Kier alpha value is -2.17. The van der Waals surface area contributed by atoms with Crippen LogP contribution in [0.5, 0.6) is 0 Å². The summed E-state index contributed by atoms with van der Waals surface area (Å²) in [6.07, 6.45) is 7.42. The van der Waals surface area contributed by atoms with Gasteiger partial charge in [0.2, 0.25) is 0 Å². The summed E-state index contributed by atoms with van der Waals surface area (Å²) in [5.41, 5.74) is 0. The van der Waals surface area contributed by atoms with Crippen molar-refractivity contribution in [1.82, 2.24) is 0 Å². The summed E-state index contributed by atoms with van der Waals surface area (Å²) in [4.78, 5) is 0. The van der Waals surface area contributed by atoms with Crippen molar-refractivity contribution >= 4 is 23.2 Å². The van der Waals surface area contributed by atoms with Gasteiger partial charge in [0, 0.05) is 0 Å². The van der Waals surface area contributed by atoms with Gasteiger partial charge in [0.1, 0.15) is 23.2 Å². The number of unbranched alkanes of at least 4 members (excludes halogenated alkanes) is 3. The molecule has 0 aliphatic carbocycles. The molecule has 3 aromatic carbocycles. The molecular weight excluding hydrogens is 331 g/mol. The Balaban J connectivity index is 2.15. The van der Waals surface area contributed by atoms with E-state index in [4.69, 9.17) is 0 Å². The average molecular weight is 359 g/mol. The highest BCUT2D eigenvalue weighted by Crippen LogP contribution is 2.56. The molecule has 0 heterocycles. The Bertz CT molecular complexity index is 695. The molecule has 0 aliphatic rings. The van der Waals surface area contributed by atoms with Gasteiger partial charge in [-0.05, 0) is 55.3 Å². The second-order valence-electron chi connectivity index (χ2n) is 6.61. The van der Waals surface area contributed by atoms with E-state index < -0.39 is 7.26 Å². The second-order valence-corrected chi connectivity index (χ2v) is 9.90. The van der Waals surface area contributed by atoms with E-state index in [2.05, 4.69) is 110 Å². The van der Waals surface area contributed by atoms with Gasteiger partial charge >= 0.3 is 0 Å². The third-order valence-corrected chi connectivity index (χ3v) is 8.79. The summed E-state index contributed by atoms with van der Waals surface area (Å²) in [7, 11) is -1.78. The van der Waals surface area contributed by atoms with Crippen LogP contribution < -0.4 is 15.9 Å². The fourth-order valence-corrected chi connectivity index (χ4v) is 7.24. The molecule has 0 aliphatic heterocycles. The zero-order valence-electron chi connectivity index (χ0n) is 15.6. The van der Waals surface area contributed by atoms with E-state index in [9.17, 15) is 0 Å². The number of allylic oxidation sites excluding steroid dienone is 1. The van der Waals surface area contributed by atoms with E-state index in [-0.39, 0.29) is 0 Å². The molecule has 0 atom stereocenters. The van der Waals surface area contributed by atoms with Gasteiger partial charge in [0.05, 0.1) is 5.82 Å². The maximum atomic E-state index is 2.53. The lowest BCUT2D eigenvalue weighted by atomic mass is 10.2. The summed E-state index contributed by atoms with van der Waals surface area (Å²) in [6.45, 7) is 2.26. The molecule has 0 nitrogen and oxygen atoms in total. The highest BCUT2D eigenvalue weighted by Gasteiger charge is 2.42. The van der Waals surface area contributed by atoms with Crippen molar-refractivity contribution in [2.45, 2.75) is 32.6 Å². The summed E-state index contributed by atoms with van der Waals surface area (Å²) in [5.74, 6) is 2.53. The lowest BCUT2D eigenvalue weighted by Gasteiger charge is -2.24. The number of benzene rings is 3. The Morgan fingerprint density at radius 2 is 1.04 bits per heavy atom. The predicted octanol–water partition coefficient (Wildman–Crippen LogP) is 6.07. The topological polar surface area (TPSA) is 0 Å². The highest BCUT2D eigenvalue weighted by molar-refractivity contribution is 7.98. The van der Waals surface area contributed by atoms with E-state index >= 15 is 0 Å². The molecule has 0 bridgehead atoms. The first kappa shape index (κ1) is 18.6. The van der Waals surface area contributed by atoms with Crippen LogP contribution in [0.4, 0.5) is 0 Å². The minimum absolute atomic E-state index is 1.15. The van der Waals surface area contributed by atoms with Crippen LogP contribution in [-0.2, 0) is 0 Å². The smallest absolute Gasteiger partial charge is 0.0654 e. The zero-order chi connectivity index (χ0) is 18.1. The van der Waals surface area contributed by atoms with Crippen LogP contribution in [0.25, 0.3) is 0 Å². The molecule has 3 rings (SSSR count). The van der Waals surface area contributed by atoms with Gasteiger partial charge in [-0.1, -0.05) is 74.4 Å². The van der Waals surface area contributed by atoms with Crippen LogP contribution in [0.1, 0.15) is 32.6 Å².